The minimum atomic E-state index is -1.10. The molecule has 1 saturated heterocycles. The average molecular weight is 371 g/mol. The zero-order valence-corrected chi connectivity index (χ0v) is 15.6. The van der Waals surface area contributed by atoms with Gasteiger partial charge in [-0.05, 0) is 24.6 Å². The molecular weight excluding hydrogens is 350 g/mol. The first-order valence-electron chi connectivity index (χ1n) is 9.28. The molecule has 1 amide bonds. The van der Waals surface area contributed by atoms with Crippen molar-refractivity contribution in [3.63, 3.8) is 0 Å². The first-order valence-corrected chi connectivity index (χ1v) is 9.28. The summed E-state index contributed by atoms with van der Waals surface area (Å²) in [7, 11) is 0. The average Bonchev–Trinajstić information content (AvgIpc) is 3.00. The topological polar surface area (TPSA) is 46.6 Å². The summed E-state index contributed by atoms with van der Waals surface area (Å²) in [5.74, 6) is -0.617. The van der Waals surface area contributed by atoms with E-state index in [0.717, 1.165) is 11.1 Å². The molecule has 4 nitrogen and oxygen atoms in total. The maximum absolute atomic E-state index is 13.5. The van der Waals surface area contributed by atoms with Gasteiger partial charge in [-0.1, -0.05) is 78.9 Å². The minimum absolute atomic E-state index is 0.223. The molecular formula is C24H21NO3. The van der Waals surface area contributed by atoms with Gasteiger partial charge in [-0.15, -0.1) is 0 Å². The van der Waals surface area contributed by atoms with E-state index in [1.165, 1.54) is 0 Å². The van der Waals surface area contributed by atoms with Gasteiger partial charge in [0.1, 0.15) is 5.54 Å². The van der Waals surface area contributed by atoms with Crippen LogP contribution >= 0.6 is 0 Å². The van der Waals surface area contributed by atoms with Crippen molar-refractivity contribution in [3.05, 3.63) is 108 Å². The highest BCUT2D eigenvalue weighted by Crippen LogP contribution is 2.41. The van der Waals surface area contributed by atoms with Crippen LogP contribution in [-0.2, 0) is 16.0 Å². The van der Waals surface area contributed by atoms with Gasteiger partial charge in [0.15, 0.2) is 0 Å². The van der Waals surface area contributed by atoms with Gasteiger partial charge in [-0.25, -0.2) is 4.79 Å². The molecule has 0 N–H and O–H groups in total. The zero-order valence-electron chi connectivity index (χ0n) is 15.6. The lowest BCUT2D eigenvalue weighted by Gasteiger charge is -2.34. The van der Waals surface area contributed by atoms with Crippen LogP contribution in [0.15, 0.2) is 91.0 Å². The van der Waals surface area contributed by atoms with Crippen LogP contribution < -0.4 is 0 Å². The Morgan fingerprint density at radius 3 is 2.04 bits per heavy atom. The number of hydrogen-bond acceptors (Lipinski definition) is 3. The van der Waals surface area contributed by atoms with Crippen LogP contribution in [0.1, 0.15) is 34.6 Å². The number of ether oxygens (including phenoxy) is 1. The van der Waals surface area contributed by atoms with Crippen LogP contribution in [0.4, 0.5) is 0 Å². The van der Waals surface area contributed by atoms with E-state index in [-0.39, 0.29) is 5.91 Å². The van der Waals surface area contributed by atoms with Gasteiger partial charge in [-0.2, -0.15) is 0 Å². The van der Waals surface area contributed by atoms with Gasteiger partial charge >= 0.3 is 5.97 Å². The number of carbonyl (C=O) groups is 2. The molecule has 1 aliphatic rings. The van der Waals surface area contributed by atoms with E-state index >= 15 is 0 Å². The van der Waals surface area contributed by atoms with Crippen molar-refractivity contribution < 1.29 is 14.3 Å². The molecule has 28 heavy (non-hydrogen) atoms. The smallest absolute Gasteiger partial charge is 0.334 e. The van der Waals surface area contributed by atoms with E-state index in [4.69, 9.17) is 4.74 Å². The number of hydrogen-bond donors (Lipinski definition) is 0. The first kappa shape index (κ1) is 18.0. The fraction of sp³-hybridized carbons (Fsp3) is 0.167. The number of amides is 1. The molecule has 0 radical (unpaired) electrons. The standard InChI is InChI=1S/C24H21NO3/c1-24(17-18-11-5-2-6-12-18)23(27)28-22(20-15-9-4-10-16-20)25(24)21(26)19-13-7-3-8-14-19/h2-16,22H,17H2,1H3/t22-,24-/m0/s1. The zero-order chi connectivity index (χ0) is 19.6. The van der Waals surface area contributed by atoms with Crippen molar-refractivity contribution in [1.82, 2.24) is 4.90 Å². The highest BCUT2D eigenvalue weighted by atomic mass is 16.6. The van der Waals surface area contributed by atoms with Crippen molar-refractivity contribution in [1.29, 1.82) is 0 Å². The Morgan fingerprint density at radius 2 is 1.43 bits per heavy atom. The Morgan fingerprint density at radius 1 is 0.893 bits per heavy atom. The Balaban J connectivity index is 1.79. The van der Waals surface area contributed by atoms with Gasteiger partial charge in [-0.3, -0.25) is 9.69 Å². The molecule has 0 aromatic heterocycles. The minimum Gasteiger partial charge on any atom is -0.435 e. The molecule has 140 valence electrons. The molecule has 4 heteroatoms. The maximum Gasteiger partial charge on any atom is 0.334 e. The lowest BCUT2D eigenvalue weighted by molar-refractivity contribution is -0.145. The molecule has 0 unspecified atom stereocenters. The number of esters is 1. The maximum atomic E-state index is 13.5. The summed E-state index contributed by atoms with van der Waals surface area (Å²) < 4.78 is 5.76. The van der Waals surface area contributed by atoms with Crippen LogP contribution in [-0.4, -0.2) is 22.3 Å². The SMILES string of the molecule is C[C@]1(Cc2ccccc2)C(=O)O[C@@H](c2ccccc2)N1C(=O)c1ccccc1. The number of benzene rings is 3. The summed E-state index contributed by atoms with van der Waals surface area (Å²) >= 11 is 0. The molecule has 0 aliphatic carbocycles. The molecule has 0 bridgehead atoms. The van der Waals surface area contributed by atoms with Gasteiger partial charge in [0.2, 0.25) is 6.23 Å². The van der Waals surface area contributed by atoms with Gasteiger partial charge in [0, 0.05) is 17.5 Å². The lowest BCUT2D eigenvalue weighted by Crippen LogP contribution is -2.51. The van der Waals surface area contributed by atoms with Crippen molar-refractivity contribution in [2.45, 2.75) is 25.1 Å². The second-order valence-corrected chi connectivity index (χ2v) is 7.15. The molecule has 2 atom stereocenters. The third kappa shape index (κ3) is 3.18. The number of cyclic esters (lactones) is 1. The first-order chi connectivity index (χ1) is 13.6. The third-order valence-electron chi connectivity index (χ3n) is 5.14. The third-order valence-corrected chi connectivity index (χ3v) is 5.14. The molecule has 0 saturated carbocycles. The van der Waals surface area contributed by atoms with E-state index in [1.807, 2.05) is 78.9 Å². The summed E-state index contributed by atoms with van der Waals surface area (Å²) in [5.41, 5.74) is 1.17. The Hall–Kier alpha value is -3.40. The largest absolute Gasteiger partial charge is 0.435 e. The highest BCUT2D eigenvalue weighted by Gasteiger charge is 2.55. The van der Waals surface area contributed by atoms with Crippen LogP contribution in [0.2, 0.25) is 0 Å². The van der Waals surface area contributed by atoms with Crippen LogP contribution in [0.5, 0.6) is 0 Å². The highest BCUT2D eigenvalue weighted by molar-refractivity contribution is 6.00. The summed E-state index contributed by atoms with van der Waals surface area (Å²) in [5, 5.41) is 0. The van der Waals surface area contributed by atoms with Crippen molar-refractivity contribution in [2.24, 2.45) is 0 Å². The quantitative estimate of drug-likeness (QED) is 0.639. The Kier molecular flexibility index (Phi) is 4.70. The predicted octanol–water partition coefficient (Wildman–Crippen LogP) is 4.39. The normalized spacial score (nSPS) is 21.4. The number of carbonyl (C=O) groups excluding carboxylic acids is 2. The Labute approximate surface area is 164 Å². The van der Waals surface area contributed by atoms with Crippen LogP contribution in [0, 0.1) is 0 Å². The summed E-state index contributed by atoms with van der Waals surface area (Å²) in [6.45, 7) is 1.78. The van der Waals surface area contributed by atoms with Gasteiger partial charge in [0.25, 0.3) is 5.91 Å². The van der Waals surface area contributed by atoms with E-state index in [2.05, 4.69) is 0 Å². The molecule has 1 fully saturated rings. The van der Waals surface area contributed by atoms with Crippen molar-refractivity contribution in [2.75, 3.05) is 0 Å². The van der Waals surface area contributed by atoms with E-state index in [0.29, 0.717) is 12.0 Å². The van der Waals surface area contributed by atoms with Gasteiger partial charge in [0.05, 0.1) is 0 Å². The van der Waals surface area contributed by atoms with Crippen molar-refractivity contribution in [3.8, 4) is 0 Å². The molecule has 4 rings (SSSR count). The van der Waals surface area contributed by atoms with Crippen LogP contribution in [0.25, 0.3) is 0 Å². The van der Waals surface area contributed by atoms with E-state index < -0.39 is 17.7 Å². The lowest BCUT2D eigenvalue weighted by atomic mass is 9.90. The summed E-state index contributed by atoms with van der Waals surface area (Å²) in [6.07, 6.45) is -0.371. The second kappa shape index (κ2) is 7.31. The predicted molar refractivity (Wildman–Crippen MR) is 106 cm³/mol. The molecule has 3 aromatic rings. The number of rotatable bonds is 4. The fourth-order valence-electron chi connectivity index (χ4n) is 3.67. The fourth-order valence-corrected chi connectivity index (χ4v) is 3.67. The molecule has 3 aromatic carbocycles. The second-order valence-electron chi connectivity index (χ2n) is 7.15. The van der Waals surface area contributed by atoms with E-state index in [9.17, 15) is 9.59 Å². The summed E-state index contributed by atoms with van der Waals surface area (Å²) in [4.78, 5) is 28.1. The van der Waals surface area contributed by atoms with E-state index in [1.54, 1.807) is 24.0 Å². The molecule has 1 heterocycles. The van der Waals surface area contributed by atoms with Crippen LogP contribution in [0.3, 0.4) is 0 Å². The van der Waals surface area contributed by atoms with Gasteiger partial charge < -0.3 is 4.74 Å². The number of nitrogens with zero attached hydrogens (tertiary/aromatic N) is 1. The van der Waals surface area contributed by atoms with Crippen molar-refractivity contribution >= 4 is 11.9 Å². The summed E-state index contributed by atoms with van der Waals surface area (Å²) in [6, 6.07) is 28.1. The molecule has 1 aliphatic heterocycles. The Bertz CT molecular complexity index is 973. The molecule has 0 spiro atoms. The monoisotopic (exact) mass is 371 g/mol.